The minimum Gasteiger partial charge on any atom is -0.462 e. The highest BCUT2D eigenvalue weighted by Crippen LogP contribution is 2.67. The van der Waals surface area contributed by atoms with E-state index in [-0.39, 0.29) is 53.2 Å². The van der Waals surface area contributed by atoms with E-state index in [0.29, 0.717) is 31.3 Å². The van der Waals surface area contributed by atoms with Gasteiger partial charge in [-0.2, -0.15) is 0 Å². The van der Waals surface area contributed by atoms with Crippen molar-refractivity contribution >= 4 is 11.9 Å². The molecule has 1 aliphatic heterocycles. The highest BCUT2D eigenvalue weighted by molar-refractivity contribution is 5.86. The molecular formula is C29H38O6. The zero-order valence-corrected chi connectivity index (χ0v) is 21.0. The van der Waals surface area contributed by atoms with Crippen LogP contribution in [-0.2, 0) is 25.5 Å². The van der Waals surface area contributed by atoms with Gasteiger partial charge in [-0.3, -0.25) is 4.79 Å². The first-order valence-electron chi connectivity index (χ1n) is 13.1. The van der Waals surface area contributed by atoms with Crippen molar-refractivity contribution in [1.29, 1.82) is 0 Å². The van der Waals surface area contributed by atoms with E-state index in [0.717, 1.165) is 24.8 Å². The van der Waals surface area contributed by atoms with Crippen molar-refractivity contribution in [2.45, 2.75) is 77.6 Å². The summed E-state index contributed by atoms with van der Waals surface area (Å²) in [6.45, 7) is 6.44. The van der Waals surface area contributed by atoms with Crippen LogP contribution in [0.25, 0.3) is 0 Å². The van der Waals surface area contributed by atoms with Crippen molar-refractivity contribution in [2.24, 2.45) is 34.5 Å². The molecule has 6 heteroatoms. The second-order valence-electron chi connectivity index (χ2n) is 12.0. The predicted octanol–water partition coefficient (Wildman–Crippen LogP) is 4.18. The summed E-state index contributed by atoms with van der Waals surface area (Å²) in [5, 5.41) is 21.8. The lowest BCUT2D eigenvalue weighted by Gasteiger charge is -2.64. The topological polar surface area (TPSA) is 93.1 Å². The number of carbonyl (C=O) groups is 2. The molecule has 3 saturated carbocycles. The summed E-state index contributed by atoms with van der Waals surface area (Å²) >= 11 is 0. The molecule has 6 nitrogen and oxygen atoms in total. The SMILES string of the molecule is C[C@H]1C2=CC(=O)O[C@]2(O)C[C@H]2[C@H]1C[C@@H](OC(=O)CCc1ccccc1)[C@H]1[C@](C)(CO)CCC[C@]21C. The minimum atomic E-state index is -1.54. The van der Waals surface area contributed by atoms with Crippen LogP contribution in [0, 0.1) is 34.5 Å². The largest absolute Gasteiger partial charge is 0.462 e. The standard InChI is InChI=1S/C29H38O6/c1-18-20-14-23(34-24(31)11-10-19-8-5-4-6-9-19)26-27(2,17-30)12-7-13-28(26,3)22(20)16-29(33)21(18)15-25(32)35-29/h4-6,8-9,15,18,20,22-23,26,30,33H,7,10-14,16-17H2,1-3H3/t18-,20+,22+,23-,26+,27+,28-,29-/m1/s1. The highest BCUT2D eigenvalue weighted by atomic mass is 16.7. The number of benzene rings is 1. The van der Waals surface area contributed by atoms with Crippen LogP contribution in [0.3, 0.4) is 0 Å². The van der Waals surface area contributed by atoms with Crippen LogP contribution in [0.2, 0.25) is 0 Å². The van der Waals surface area contributed by atoms with Gasteiger partial charge in [0.2, 0.25) is 5.79 Å². The maximum atomic E-state index is 13.1. The minimum absolute atomic E-state index is 0.0304. The molecule has 0 radical (unpaired) electrons. The maximum Gasteiger partial charge on any atom is 0.333 e. The summed E-state index contributed by atoms with van der Waals surface area (Å²) in [4.78, 5) is 25.2. The Hall–Kier alpha value is -2.18. The number of aliphatic hydroxyl groups is 2. The van der Waals surface area contributed by atoms with Gasteiger partial charge in [0.05, 0.1) is 0 Å². The average Bonchev–Trinajstić information content (AvgIpc) is 3.13. The van der Waals surface area contributed by atoms with Crippen LogP contribution in [0.1, 0.15) is 64.9 Å². The monoisotopic (exact) mass is 482 g/mol. The normalized spacial score (nSPS) is 42.3. The average molecular weight is 483 g/mol. The summed E-state index contributed by atoms with van der Waals surface area (Å²) in [6, 6.07) is 9.94. The summed E-state index contributed by atoms with van der Waals surface area (Å²) in [5.41, 5.74) is 1.12. The van der Waals surface area contributed by atoms with Gasteiger partial charge in [-0.15, -0.1) is 0 Å². The third kappa shape index (κ3) is 4.03. The van der Waals surface area contributed by atoms with Crippen molar-refractivity contribution in [2.75, 3.05) is 6.61 Å². The predicted molar refractivity (Wildman–Crippen MR) is 130 cm³/mol. The molecule has 1 aromatic carbocycles. The molecule has 35 heavy (non-hydrogen) atoms. The fourth-order valence-electron chi connectivity index (χ4n) is 8.35. The molecule has 3 aliphatic carbocycles. The number of hydrogen-bond acceptors (Lipinski definition) is 6. The number of aryl methyl sites for hydroxylation is 1. The first kappa shape index (κ1) is 24.5. The van der Waals surface area contributed by atoms with E-state index in [9.17, 15) is 19.8 Å². The van der Waals surface area contributed by atoms with Gasteiger partial charge < -0.3 is 19.7 Å². The van der Waals surface area contributed by atoms with E-state index in [1.54, 1.807) is 0 Å². The van der Waals surface area contributed by atoms with E-state index in [2.05, 4.69) is 20.8 Å². The van der Waals surface area contributed by atoms with Crippen molar-refractivity contribution in [3.05, 3.63) is 47.5 Å². The fraction of sp³-hybridized carbons (Fsp3) is 0.655. The number of aliphatic hydroxyl groups excluding tert-OH is 1. The second-order valence-corrected chi connectivity index (χ2v) is 12.0. The van der Waals surface area contributed by atoms with E-state index < -0.39 is 11.8 Å². The smallest absolute Gasteiger partial charge is 0.333 e. The van der Waals surface area contributed by atoms with Gasteiger partial charge in [0.25, 0.3) is 0 Å². The lowest BCUT2D eigenvalue weighted by molar-refractivity contribution is -0.243. The van der Waals surface area contributed by atoms with Crippen LogP contribution in [-0.4, -0.2) is 40.6 Å². The van der Waals surface area contributed by atoms with Gasteiger partial charge in [-0.1, -0.05) is 57.5 Å². The van der Waals surface area contributed by atoms with Crippen molar-refractivity contribution in [3.8, 4) is 0 Å². The van der Waals surface area contributed by atoms with E-state index >= 15 is 0 Å². The second kappa shape index (κ2) is 8.74. The quantitative estimate of drug-likeness (QED) is 0.612. The Morgan fingerprint density at radius 1 is 1.20 bits per heavy atom. The molecule has 0 amide bonds. The van der Waals surface area contributed by atoms with Crippen LogP contribution < -0.4 is 0 Å². The summed E-state index contributed by atoms with van der Waals surface area (Å²) in [5.74, 6) is -2.07. The Bertz CT molecular complexity index is 1020. The van der Waals surface area contributed by atoms with Gasteiger partial charge in [0.1, 0.15) is 6.10 Å². The molecule has 5 rings (SSSR count). The number of hydrogen-bond donors (Lipinski definition) is 2. The van der Waals surface area contributed by atoms with E-state index in [1.165, 1.54) is 6.08 Å². The van der Waals surface area contributed by atoms with Crippen LogP contribution in [0.4, 0.5) is 0 Å². The lowest BCUT2D eigenvalue weighted by Crippen LogP contribution is -2.63. The Kier molecular flexibility index (Phi) is 6.12. The van der Waals surface area contributed by atoms with Crippen LogP contribution >= 0.6 is 0 Å². The number of ether oxygens (including phenoxy) is 2. The number of esters is 2. The third-order valence-electron chi connectivity index (χ3n) is 9.89. The van der Waals surface area contributed by atoms with E-state index in [1.807, 2.05) is 30.3 Å². The molecule has 1 heterocycles. The van der Waals surface area contributed by atoms with Gasteiger partial charge in [-0.05, 0) is 59.8 Å². The number of carbonyl (C=O) groups excluding carboxylic acids is 2. The molecule has 0 saturated heterocycles. The van der Waals surface area contributed by atoms with Gasteiger partial charge in [0.15, 0.2) is 0 Å². The zero-order valence-electron chi connectivity index (χ0n) is 21.0. The van der Waals surface area contributed by atoms with Gasteiger partial charge >= 0.3 is 11.9 Å². The molecule has 3 fully saturated rings. The number of rotatable bonds is 5. The Balaban J connectivity index is 1.45. The molecule has 0 aromatic heterocycles. The lowest BCUT2D eigenvalue weighted by atomic mass is 9.42. The Labute approximate surface area is 207 Å². The molecule has 2 N–H and O–H groups in total. The van der Waals surface area contributed by atoms with Crippen molar-refractivity contribution < 1.29 is 29.3 Å². The first-order chi connectivity index (χ1) is 16.6. The maximum absolute atomic E-state index is 13.1. The Morgan fingerprint density at radius 3 is 2.66 bits per heavy atom. The fourth-order valence-corrected chi connectivity index (χ4v) is 8.35. The molecular weight excluding hydrogens is 444 g/mol. The third-order valence-corrected chi connectivity index (χ3v) is 9.89. The first-order valence-corrected chi connectivity index (χ1v) is 13.1. The zero-order chi connectivity index (χ0) is 25.0. The highest BCUT2D eigenvalue weighted by Gasteiger charge is 2.66. The van der Waals surface area contributed by atoms with Gasteiger partial charge in [-0.25, -0.2) is 4.79 Å². The van der Waals surface area contributed by atoms with E-state index in [4.69, 9.17) is 9.47 Å². The molecule has 8 atom stereocenters. The van der Waals surface area contributed by atoms with Crippen LogP contribution in [0.5, 0.6) is 0 Å². The van der Waals surface area contributed by atoms with Gasteiger partial charge in [0, 0.05) is 37.0 Å². The Morgan fingerprint density at radius 2 is 1.94 bits per heavy atom. The number of fused-ring (bicyclic) bond motifs is 4. The summed E-state index contributed by atoms with van der Waals surface area (Å²) in [6.07, 6.45) is 5.90. The summed E-state index contributed by atoms with van der Waals surface area (Å²) < 4.78 is 11.7. The van der Waals surface area contributed by atoms with Crippen molar-refractivity contribution in [1.82, 2.24) is 0 Å². The molecule has 190 valence electrons. The molecule has 0 bridgehead atoms. The summed E-state index contributed by atoms with van der Waals surface area (Å²) in [7, 11) is 0. The molecule has 4 aliphatic rings. The molecule has 1 aromatic rings. The molecule has 0 unspecified atom stereocenters. The van der Waals surface area contributed by atoms with Crippen molar-refractivity contribution in [3.63, 3.8) is 0 Å². The van der Waals surface area contributed by atoms with Crippen LogP contribution in [0.15, 0.2) is 42.0 Å². The molecule has 0 spiro atoms.